The Balaban J connectivity index is 1.48. The maximum Gasteiger partial charge on any atom is 0.323 e. The molecule has 1 aromatic heterocycles. The Labute approximate surface area is 153 Å². The van der Waals surface area contributed by atoms with E-state index >= 15 is 0 Å². The predicted molar refractivity (Wildman–Crippen MR) is 95.3 cm³/mol. The van der Waals surface area contributed by atoms with Crippen molar-refractivity contribution in [1.29, 1.82) is 0 Å². The van der Waals surface area contributed by atoms with Crippen molar-refractivity contribution in [3.05, 3.63) is 47.6 Å². The topological polar surface area (TPSA) is 68.5 Å². The minimum absolute atomic E-state index is 0.150. The van der Waals surface area contributed by atoms with Crippen LogP contribution in [0.1, 0.15) is 49.4 Å². The third-order valence-electron chi connectivity index (χ3n) is 5.73. The lowest BCUT2D eigenvalue weighted by Crippen LogP contribution is -2.42. The predicted octanol–water partition coefficient (Wildman–Crippen LogP) is 2.97. The van der Waals surface area contributed by atoms with Crippen LogP contribution in [-0.4, -0.2) is 40.2 Å². The molecule has 2 fully saturated rings. The van der Waals surface area contributed by atoms with Gasteiger partial charge in [0.2, 0.25) is 5.89 Å². The molecule has 1 aliphatic carbocycles. The number of fused-ring (bicyclic) bond motifs is 1. The van der Waals surface area contributed by atoms with Gasteiger partial charge in [-0.15, -0.1) is 0 Å². The second-order valence-corrected chi connectivity index (χ2v) is 7.33. The number of aromatic nitrogens is 2. The molecule has 1 aromatic carbocycles. The highest BCUT2D eigenvalue weighted by molar-refractivity contribution is 5.76. The van der Waals surface area contributed by atoms with E-state index in [1.54, 1.807) is 0 Å². The van der Waals surface area contributed by atoms with Gasteiger partial charge >= 0.3 is 5.97 Å². The van der Waals surface area contributed by atoms with Gasteiger partial charge < -0.3 is 9.26 Å². The quantitative estimate of drug-likeness (QED) is 0.768. The average Bonchev–Trinajstić information content (AvgIpc) is 3.27. The monoisotopic (exact) mass is 355 g/mol. The summed E-state index contributed by atoms with van der Waals surface area (Å²) < 4.78 is 10.5. The van der Waals surface area contributed by atoms with E-state index in [1.165, 1.54) is 26.4 Å². The van der Waals surface area contributed by atoms with Crippen molar-refractivity contribution in [1.82, 2.24) is 15.0 Å². The molecule has 1 saturated carbocycles. The first-order valence-corrected chi connectivity index (χ1v) is 9.43. The van der Waals surface area contributed by atoms with Gasteiger partial charge in [-0.25, -0.2) is 0 Å². The molecular weight excluding hydrogens is 330 g/mol. The summed E-state index contributed by atoms with van der Waals surface area (Å²) in [5.41, 5.74) is 1.15. The van der Waals surface area contributed by atoms with Crippen molar-refractivity contribution >= 4 is 5.97 Å². The van der Waals surface area contributed by atoms with Crippen LogP contribution in [0, 0.1) is 5.92 Å². The number of esters is 1. The number of likely N-dealkylation sites (tertiary alicyclic amines) is 1. The second kappa shape index (κ2) is 7.58. The van der Waals surface area contributed by atoms with Gasteiger partial charge in [-0.3, -0.25) is 9.69 Å². The van der Waals surface area contributed by atoms with Crippen LogP contribution < -0.4 is 0 Å². The summed E-state index contributed by atoms with van der Waals surface area (Å²) in [6, 6.07) is 10.3. The van der Waals surface area contributed by atoms with Gasteiger partial charge in [0.05, 0.1) is 13.7 Å². The largest absolute Gasteiger partial charge is 0.468 e. The molecule has 2 aromatic rings. The van der Waals surface area contributed by atoms with E-state index in [0.717, 1.165) is 18.4 Å². The van der Waals surface area contributed by atoms with Crippen LogP contribution >= 0.6 is 0 Å². The number of benzene rings is 1. The lowest BCUT2D eigenvalue weighted by molar-refractivity contribution is -0.146. The van der Waals surface area contributed by atoms with Crippen LogP contribution in [0.3, 0.4) is 0 Å². The van der Waals surface area contributed by atoms with Gasteiger partial charge in [-0.1, -0.05) is 48.3 Å². The van der Waals surface area contributed by atoms with E-state index in [0.29, 0.717) is 36.6 Å². The van der Waals surface area contributed by atoms with Crippen LogP contribution in [0.5, 0.6) is 0 Å². The van der Waals surface area contributed by atoms with E-state index in [2.05, 4.69) is 27.2 Å². The first kappa shape index (κ1) is 17.2. The smallest absolute Gasteiger partial charge is 0.323 e. The SMILES string of the molecule is COC(=O)C1CC2CCCCC2N1Cc1nc(Cc2ccccc2)no1. The molecule has 1 aliphatic heterocycles. The maximum atomic E-state index is 12.3. The molecule has 138 valence electrons. The van der Waals surface area contributed by atoms with Gasteiger partial charge in [-0.2, -0.15) is 4.98 Å². The Kier molecular flexibility index (Phi) is 5.02. The zero-order chi connectivity index (χ0) is 17.9. The summed E-state index contributed by atoms with van der Waals surface area (Å²) in [6.45, 7) is 0.517. The minimum atomic E-state index is -0.197. The Hall–Kier alpha value is -2.21. The average molecular weight is 355 g/mol. The zero-order valence-electron chi connectivity index (χ0n) is 15.1. The molecule has 0 bridgehead atoms. The maximum absolute atomic E-state index is 12.3. The summed E-state index contributed by atoms with van der Waals surface area (Å²) in [7, 11) is 1.47. The Morgan fingerprint density at radius 2 is 2.08 bits per heavy atom. The fourth-order valence-electron chi connectivity index (χ4n) is 4.51. The van der Waals surface area contributed by atoms with E-state index < -0.39 is 0 Å². The Morgan fingerprint density at radius 3 is 2.88 bits per heavy atom. The lowest BCUT2D eigenvalue weighted by Gasteiger charge is -2.32. The van der Waals surface area contributed by atoms with Gasteiger partial charge in [0.1, 0.15) is 6.04 Å². The first-order chi connectivity index (χ1) is 12.7. The summed E-state index contributed by atoms with van der Waals surface area (Å²) in [5, 5.41) is 4.12. The number of carbonyl (C=O) groups is 1. The second-order valence-electron chi connectivity index (χ2n) is 7.33. The highest BCUT2D eigenvalue weighted by Crippen LogP contribution is 2.40. The third-order valence-corrected chi connectivity index (χ3v) is 5.73. The van der Waals surface area contributed by atoms with Crippen LogP contribution in [0.15, 0.2) is 34.9 Å². The summed E-state index contributed by atoms with van der Waals surface area (Å²) >= 11 is 0. The minimum Gasteiger partial charge on any atom is -0.468 e. The molecule has 4 rings (SSSR count). The number of rotatable bonds is 5. The van der Waals surface area contributed by atoms with Crippen molar-refractivity contribution in [2.24, 2.45) is 5.92 Å². The molecule has 2 heterocycles. The van der Waals surface area contributed by atoms with Crippen molar-refractivity contribution < 1.29 is 14.1 Å². The van der Waals surface area contributed by atoms with Gasteiger partial charge in [-0.05, 0) is 30.7 Å². The Morgan fingerprint density at radius 1 is 1.27 bits per heavy atom. The molecule has 26 heavy (non-hydrogen) atoms. The van der Waals surface area contributed by atoms with E-state index in [4.69, 9.17) is 9.26 Å². The highest BCUT2D eigenvalue weighted by Gasteiger charge is 2.46. The molecule has 0 N–H and O–H groups in total. The molecule has 2 aliphatic rings. The summed E-state index contributed by atoms with van der Waals surface area (Å²) in [5.74, 6) is 1.68. The fraction of sp³-hybridized carbons (Fsp3) is 0.550. The number of methoxy groups -OCH3 is 1. The van der Waals surface area contributed by atoms with E-state index in [-0.39, 0.29) is 12.0 Å². The number of hydrogen-bond acceptors (Lipinski definition) is 6. The molecule has 1 saturated heterocycles. The standard InChI is InChI=1S/C20H25N3O3/c1-25-20(24)17-12-15-9-5-6-10-16(15)23(17)13-19-21-18(22-26-19)11-14-7-3-2-4-8-14/h2-4,7-8,15-17H,5-6,9-13H2,1H3. The Bertz CT molecular complexity index is 746. The third kappa shape index (κ3) is 3.51. The molecule has 3 unspecified atom stereocenters. The molecular formula is C20H25N3O3. The van der Waals surface area contributed by atoms with Crippen molar-refractivity contribution in [2.45, 2.75) is 57.2 Å². The van der Waals surface area contributed by atoms with Crippen LogP contribution in [0.25, 0.3) is 0 Å². The molecule has 0 spiro atoms. The summed E-state index contributed by atoms with van der Waals surface area (Å²) in [4.78, 5) is 19.1. The molecule has 6 heteroatoms. The van der Waals surface area contributed by atoms with E-state index in [1.807, 2.05) is 18.2 Å². The number of ether oxygens (including phenoxy) is 1. The molecule has 6 nitrogen and oxygen atoms in total. The zero-order valence-corrected chi connectivity index (χ0v) is 15.1. The molecule has 3 atom stereocenters. The lowest BCUT2D eigenvalue weighted by atomic mass is 9.85. The van der Waals surface area contributed by atoms with Gasteiger partial charge in [0.25, 0.3) is 0 Å². The van der Waals surface area contributed by atoms with Crippen LogP contribution in [-0.2, 0) is 22.5 Å². The number of hydrogen-bond donors (Lipinski definition) is 0. The summed E-state index contributed by atoms with van der Waals surface area (Å²) in [6.07, 6.45) is 6.32. The van der Waals surface area contributed by atoms with Crippen LogP contribution in [0.2, 0.25) is 0 Å². The highest BCUT2D eigenvalue weighted by atomic mass is 16.5. The normalized spacial score (nSPS) is 25.8. The molecule has 0 amide bonds. The van der Waals surface area contributed by atoms with Gasteiger partial charge in [0, 0.05) is 12.5 Å². The van der Waals surface area contributed by atoms with Crippen molar-refractivity contribution in [2.75, 3.05) is 7.11 Å². The van der Waals surface area contributed by atoms with E-state index in [9.17, 15) is 4.79 Å². The van der Waals surface area contributed by atoms with Crippen LogP contribution in [0.4, 0.5) is 0 Å². The number of nitrogens with zero attached hydrogens (tertiary/aromatic N) is 3. The van der Waals surface area contributed by atoms with Gasteiger partial charge in [0.15, 0.2) is 5.82 Å². The molecule has 0 radical (unpaired) electrons. The van der Waals surface area contributed by atoms with Crippen molar-refractivity contribution in [3.8, 4) is 0 Å². The number of carbonyl (C=O) groups excluding carboxylic acids is 1. The van der Waals surface area contributed by atoms with Crippen molar-refractivity contribution in [3.63, 3.8) is 0 Å². The fourth-order valence-corrected chi connectivity index (χ4v) is 4.51. The first-order valence-electron chi connectivity index (χ1n) is 9.43.